The lowest BCUT2D eigenvalue weighted by atomic mass is 10.1. The van der Waals surface area contributed by atoms with Crippen molar-refractivity contribution in [2.24, 2.45) is 0 Å². The van der Waals surface area contributed by atoms with Crippen LogP contribution in [0.3, 0.4) is 0 Å². The minimum atomic E-state index is -1.28. The molecule has 0 radical (unpaired) electrons. The summed E-state index contributed by atoms with van der Waals surface area (Å²) in [6.07, 6.45) is 2.01. The van der Waals surface area contributed by atoms with Crippen molar-refractivity contribution >= 4 is 23.6 Å². The van der Waals surface area contributed by atoms with Gasteiger partial charge in [0.15, 0.2) is 11.6 Å². The minimum Gasteiger partial charge on any atom is -0.480 e. The van der Waals surface area contributed by atoms with E-state index in [9.17, 15) is 18.4 Å². The summed E-state index contributed by atoms with van der Waals surface area (Å²) in [7, 11) is 0. The molecule has 0 unspecified atom stereocenters. The molecule has 0 fully saturated rings. The fourth-order valence-corrected chi connectivity index (χ4v) is 1.88. The second-order valence-corrected chi connectivity index (χ2v) is 4.73. The van der Waals surface area contributed by atoms with E-state index < -0.39 is 35.1 Å². The number of halogens is 2. The maximum absolute atomic E-state index is 13.4. The highest BCUT2D eigenvalue weighted by atomic mass is 32.2. The van der Waals surface area contributed by atoms with E-state index in [1.54, 1.807) is 6.26 Å². The number of rotatable bonds is 6. The molecular weight excluding hydrogens is 276 g/mol. The van der Waals surface area contributed by atoms with Crippen molar-refractivity contribution in [1.82, 2.24) is 5.32 Å². The second-order valence-electron chi connectivity index (χ2n) is 3.75. The molecule has 0 aliphatic rings. The van der Waals surface area contributed by atoms with Gasteiger partial charge in [-0.15, -0.1) is 0 Å². The summed E-state index contributed by atoms with van der Waals surface area (Å²) in [5.74, 6) is -4.05. The van der Waals surface area contributed by atoms with Crippen LogP contribution in [-0.4, -0.2) is 35.0 Å². The molecule has 1 atom stereocenters. The van der Waals surface area contributed by atoms with Crippen molar-refractivity contribution in [3.63, 3.8) is 0 Å². The molecule has 4 nitrogen and oxygen atoms in total. The third kappa shape index (κ3) is 4.20. The molecule has 0 bridgehead atoms. The zero-order valence-corrected chi connectivity index (χ0v) is 11.0. The van der Waals surface area contributed by atoms with Gasteiger partial charge < -0.3 is 10.4 Å². The van der Waals surface area contributed by atoms with Crippen molar-refractivity contribution in [2.45, 2.75) is 12.5 Å². The highest BCUT2D eigenvalue weighted by molar-refractivity contribution is 7.98. The molecular formula is C12H13F2NO3S. The molecule has 0 saturated heterocycles. The van der Waals surface area contributed by atoms with E-state index in [-0.39, 0.29) is 6.42 Å². The quantitative estimate of drug-likeness (QED) is 0.839. The molecule has 0 saturated carbocycles. The van der Waals surface area contributed by atoms with Gasteiger partial charge in [0.05, 0.1) is 5.56 Å². The summed E-state index contributed by atoms with van der Waals surface area (Å²) in [4.78, 5) is 22.6. The van der Waals surface area contributed by atoms with Crippen LogP contribution in [0.25, 0.3) is 0 Å². The van der Waals surface area contributed by atoms with Crippen molar-refractivity contribution in [3.8, 4) is 0 Å². The molecule has 0 aliphatic heterocycles. The Bertz CT molecular complexity index is 482. The molecule has 19 heavy (non-hydrogen) atoms. The average molecular weight is 289 g/mol. The van der Waals surface area contributed by atoms with Crippen molar-refractivity contribution in [2.75, 3.05) is 12.0 Å². The zero-order chi connectivity index (χ0) is 14.4. The predicted octanol–water partition coefficient (Wildman–Crippen LogP) is 1.90. The van der Waals surface area contributed by atoms with E-state index in [4.69, 9.17) is 5.11 Å². The lowest BCUT2D eigenvalue weighted by Crippen LogP contribution is -2.41. The first-order valence-electron chi connectivity index (χ1n) is 5.44. The summed E-state index contributed by atoms with van der Waals surface area (Å²) >= 11 is 1.43. The minimum absolute atomic E-state index is 0.208. The molecule has 0 heterocycles. The van der Waals surface area contributed by atoms with Gasteiger partial charge in [0.25, 0.3) is 5.91 Å². The number of hydrogen-bond donors (Lipinski definition) is 2. The summed E-state index contributed by atoms with van der Waals surface area (Å²) in [5, 5.41) is 11.1. The van der Waals surface area contributed by atoms with Gasteiger partial charge in [-0.2, -0.15) is 11.8 Å². The number of carbonyl (C=O) groups excluding carboxylic acids is 1. The number of hydrogen-bond acceptors (Lipinski definition) is 3. The van der Waals surface area contributed by atoms with Gasteiger partial charge in [-0.25, -0.2) is 13.6 Å². The van der Waals surface area contributed by atoms with E-state index >= 15 is 0 Å². The first kappa shape index (κ1) is 15.4. The molecule has 0 spiro atoms. The maximum Gasteiger partial charge on any atom is 0.326 e. The number of carboxylic acids is 1. The van der Waals surface area contributed by atoms with Crippen LogP contribution in [0.15, 0.2) is 18.2 Å². The van der Waals surface area contributed by atoms with Gasteiger partial charge in [0.1, 0.15) is 6.04 Å². The number of aliphatic carboxylic acids is 1. The third-order valence-corrected chi connectivity index (χ3v) is 3.05. The lowest BCUT2D eigenvalue weighted by Gasteiger charge is -2.14. The Morgan fingerprint density at radius 2 is 2.11 bits per heavy atom. The second kappa shape index (κ2) is 7.08. The monoisotopic (exact) mass is 289 g/mol. The molecule has 1 aromatic carbocycles. The fraction of sp³-hybridized carbons (Fsp3) is 0.333. The molecule has 1 aromatic rings. The number of carboxylic acid groups (broad SMARTS) is 1. The van der Waals surface area contributed by atoms with E-state index in [1.807, 2.05) is 0 Å². The van der Waals surface area contributed by atoms with Crippen LogP contribution in [0.4, 0.5) is 8.78 Å². The Balaban J connectivity index is 2.82. The molecule has 1 amide bonds. The highest BCUT2D eigenvalue weighted by Gasteiger charge is 2.22. The zero-order valence-electron chi connectivity index (χ0n) is 10.2. The number of nitrogens with one attached hydrogen (secondary N) is 1. The Morgan fingerprint density at radius 1 is 1.42 bits per heavy atom. The topological polar surface area (TPSA) is 66.4 Å². The van der Waals surface area contributed by atoms with Gasteiger partial charge >= 0.3 is 5.97 Å². The van der Waals surface area contributed by atoms with E-state index in [0.29, 0.717) is 5.75 Å². The smallest absolute Gasteiger partial charge is 0.326 e. The van der Waals surface area contributed by atoms with Crippen LogP contribution in [0, 0.1) is 11.6 Å². The van der Waals surface area contributed by atoms with Gasteiger partial charge in [-0.1, -0.05) is 6.07 Å². The van der Waals surface area contributed by atoms with Gasteiger partial charge in [0, 0.05) is 0 Å². The molecule has 2 N–H and O–H groups in total. The van der Waals surface area contributed by atoms with Crippen LogP contribution < -0.4 is 5.32 Å². The first-order chi connectivity index (χ1) is 8.97. The number of benzene rings is 1. The molecule has 0 aliphatic carbocycles. The Hall–Kier alpha value is -1.63. The predicted molar refractivity (Wildman–Crippen MR) is 68.2 cm³/mol. The number of amides is 1. The third-order valence-electron chi connectivity index (χ3n) is 2.41. The SMILES string of the molecule is CSCC[C@@H](NC(=O)c1cccc(F)c1F)C(=O)O. The molecule has 7 heteroatoms. The van der Waals surface area contributed by atoms with Crippen molar-refractivity contribution in [3.05, 3.63) is 35.4 Å². The normalized spacial score (nSPS) is 11.9. The molecule has 0 aromatic heterocycles. The van der Waals surface area contributed by atoms with Crippen LogP contribution >= 0.6 is 11.8 Å². The van der Waals surface area contributed by atoms with Gasteiger partial charge in [-0.05, 0) is 30.6 Å². The summed E-state index contributed by atoms with van der Waals surface area (Å²) in [6, 6.07) is 2.04. The fourth-order valence-electron chi connectivity index (χ4n) is 1.41. The Labute approximate surface area is 113 Å². The average Bonchev–Trinajstić information content (AvgIpc) is 2.37. The van der Waals surface area contributed by atoms with Crippen molar-refractivity contribution in [1.29, 1.82) is 0 Å². The van der Waals surface area contributed by atoms with Gasteiger partial charge in [-0.3, -0.25) is 4.79 Å². The Morgan fingerprint density at radius 3 is 2.68 bits per heavy atom. The summed E-state index contributed by atoms with van der Waals surface area (Å²) in [6.45, 7) is 0. The van der Waals surface area contributed by atoms with E-state index in [1.165, 1.54) is 17.8 Å². The highest BCUT2D eigenvalue weighted by Crippen LogP contribution is 2.12. The van der Waals surface area contributed by atoms with Crippen LogP contribution in [0.2, 0.25) is 0 Å². The first-order valence-corrected chi connectivity index (χ1v) is 6.83. The van der Waals surface area contributed by atoms with E-state index in [2.05, 4.69) is 5.32 Å². The standard InChI is InChI=1S/C12H13F2NO3S/c1-19-6-5-9(12(17)18)15-11(16)7-3-2-4-8(13)10(7)14/h2-4,9H,5-6H2,1H3,(H,15,16)(H,17,18)/t9-/m1/s1. The van der Waals surface area contributed by atoms with E-state index in [0.717, 1.165) is 12.1 Å². The van der Waals surface area contributed by atoms with Crippen LogP contribution in [-0.2, 0) is 4.79 Å². The summed E-state index contributed by atoms with van der Waals surface area (Å²) in [5.41, 5.74) is -0.504. The molecule has 104 valence electrons. The summed E-state index contributed by atoms with van der Waals surface area (Å²) < 4.78 is 26.3. The van der Waals surface area contributed by atoms with Crippen LogP contribution in [0.1, 0.15) is 16.8 Å². The van der Waals surface area contributed by atoms with Crippen LogP contribution in [0.5, 0.6) is 0 Å². The molecule has 1 rings (SSSR count). The lowest BCUT2D eigenvalue weighted by molar-refractivity contribution is -0.139. The number of carbonyl (C=O) groups is 2. The van der Waals surface area contributed by atoms with Gasteiger partial charge in [0.2, 0.25) is 0 Å². The Kier molecular flexibility index (Phi) is 5.75. The van der Waals surface area contributed by atoms with Crippen molar-refractivity contribution < 1.29 is 23.5 Å². The number of thioether (sulfide) groups is 1. The maximum atomic E-state index is 13.4. The largest absolute Gasteiger partial charge is 0.480 e.